The number of amides is 2. The van der Waals surface area contributed by atoms with Crippen LogP contribution in [0.1, 0.15) is 25.9 Å². The summed E-state index contributed by atoms with van der Waals surface area (Å²) in [4.78, 5) is 27.7. The van der Waals surface area contributed by atoms with Gasteiger partial charge in [0.25, 0.3) is 11.8 Å². The van der Waals surface area contributed by atoms with Crippen LogP contribution in [0.2, 0.25) is 0 Å². The quantitative estimate of drug-likeness (QED) is 0.866. The highest BCUT2D eigenvalue weighted by Gasteiger charge is 2.10. The van der Waals surface area contributed by atoms with Crippen LogP contribution < -0.4 is 11.1 Å². The first-order valence-electron chi connectivity index (χ1n) is 5.24. The molecule has 0 radical (unpaired) electrons. The highest BCUT2D eigenvalue weighted by Crippen LogP contribution is 2.08. The molecule has 2 rings (SSSR count). The minimum absolute atomic E-state index is 0.0822. The van der Waals surface area contributed by atoms with Crippen molar-refractivity contribution >= 4 is 23.2 Å². The molecule has 92 valence electrons. The number of carbonyl (C=O) groups is 2. The summed E-state index contributed by atoms with van der Waals surface area (Å²) in [5, 5.41) is 4.66. The van der Waals surface area contributed by atoms with Gasteiger partial charge in [0.05, 0.1) is 6.54 Å². The summed E-state index contributed by atoms with van der Waals surface area (Å²) in [6.07, 6.45) is 0. The second kappa shape index (κ2) is 5.42. The predicted octanol–water partition coefficient (Wildman–Crippen LogP) is 1.17. The Labute approximate surface area is 108 Å². The Bertz CT molecular complexity index is 566. The van der Waals surface area contributed by atoms with Crippen LogP contribution in [-0.2, 0) is 6.54 Å². The second-order valence-corrected chi connectivity index (χ2v) is 4.57. The van der Waals surface area contributed by atoms with E-state index < -0.39 is 5.91 Å². The van der Waals surface area contributed by atoms with Crippen molar-refractivity contribution in [3.63, 3.8) is 0 Å². The van der Waals surface area contributed by atoms with E-state index in [0.29, 0.717) is 6.54 Å². The van der Waals surface area contributed by atoms with Crippen LogP contribution in [0.4, 0.5) is 0 Å². The molecule has 0 spiro atoms. The zero-order chi connectivity index (χ0) is 13.0. The Balaban J connectivity index is 2.04. The van der Waals surface area contributed by atoms with Crippen LogP contribution in [0.25, 0.3) is 0 Å². The van der Waals surface area contributed by atoms with Gasteiger partial charge in [0.15, 0.2) is 0 Å². The topological polar surface area (TPSA) is 85.1 Å². The lowest BCUT2D eigenvalue weighted by molar-refractivity contribution is 0.0946. The number of primary amides is 1. The summed E-state index contributed by atoms with van der Waals surface area (Å²) >= 11 is 1.56. The smallest absolute Gasteiger partial charge is 0.270 e. The van der Waals surface area contributed by atoms with Gasteiger partial charge in [-0.2, -0.15) is 0 Å². The van der Waals surface area contributed by atoms with Crippen LogP contribution in [0.5, 0.6) is 0 Å². The van der Waals surface area contributed by atoms with Gasteiger partial charge in [-0.1, -0.05) is 12.1 Å². The Hall–Kier alpha value is -2.21. The van der Waals surface area contributed by atoms with Gasteiger partial charge in [-0.3, -0.25) is 9.59 Å². The third-order valence-corrected chi connectivity index (χ3v) is 3.11. The molecule has 0 unspecified atom stereocenters. The molecule has 5 nitrogen and oxygen atoms in total. The van der Waals surface area contributed by atoms with Crippen LogP contribution in [-0.4, -0.2) is 16.8 Å². The lowest BCUT2D eigenvalue weighted by atomic mass is 10.3. The summed E-state index contributed by atoms with van der Waals surface area (Å²) in [6.45, 7) is 0.443. The van der Waals surface area contributed by atoms with Crippen molar-refractivity contribution in [2.75, 3.05) is 0 Å². The van der Waals surface area contributed by atoms with Crippen molar-refractivity contribution in [3.8, 4) is 0 Å². The lowest BCUT2D eigenvalue weighted by Gasteiger charge is -2.03. The monoisotopic (exact) mass is 261 g/mol. The molecule has 2 aromatic rings. The number of aromatic nitrogens is 1. The normalized spacial score (nSPS) is 10.0. The summed E-state index contributed by atoms with van der Waals surface area (Å²) in [7, 11) is 0. The van der Waals surface area contributed by atoms with Crippen LogP contribution in [0.15, 0.2) is 35.7 Å². The third-order valence-electron chi connectivity index (χ3n) is 2.24. The van der Waals surface area contributed by atoms with E-state index in [1.807, 2.05) is 17.5 Å². The van der Waals surface area contributed by atoms with Gasteiger partial charge in [0, 0.05) is 4.88 Å². The fraction of sp³-hybridized carbons (Fsp3) is 0.0833. The molecule has 0 fully saturated rings. The maximum Gasteiger partial charge on any atom is 0.270 e. The molecule has 0 saturated heterocycles. The molecule has 0 aliphatic heterocycles. The van der Waals surface area contributed by atoms with E-state index >= 15 is 0 Å². The Morgan fingerprint density at radius 1 is 1.22 bits per heavy atom. The number of rotatable bonds is 4. The number of pyridine rings is 1. The number of hydrogen-bond donors (Lipinski definition) is 2. The highest BCUT2D eigenvalue weighted by molar-refractivity contribution is 7.09. The molecule has 6 heteroatoms. The second-order valence-electron chi connectivity index (χ2n) is 3.53. The standard InChI is InChI=1S/C12H11N3O2S/c13-11(16)9-4-1-5-10(15-9)12(17)14-7-8-3-2-6-18-8/h1-6H,7H2,(H2,13,16)(H,14,17). The first kappa shape index (κ1) is 12.3. The van der Waals surface area contributed by atoms with Crippen molar-refractivity contribution in [2.24, 2.45) is 5.73 Å². The maximum atomic E-state index is 11.8. The van der Waals surface area contributed by atoms with Gasteiger partial charge in [0.2, 0.25) is 0 Å². The molecule has 0 aliphatic carbocycles. The van der Waals surface area contributed by atoms with Crippen molar-refractivity contribution in [2.45, 2.75) is 6.54 Å². The molecule has 0 atom stereocenters. The lowest BCUT2D eigenvalue weighted by Crippen LogP contribution is -2.24. The zero-order valence-corrected chi connectivity index (χ0v) is 10.2. The summed E-state index contributed by atoms with van der Waals surface area (Å²) in [6, 6.07) is 8.43. The molecule has 3 N–H and O–H groups in total. The van der Waals surface area contributed by atoms with Crippen molar-refractivity contribution in [3.05, 3.63) is 52.0 Å². The Morgan fingerprint density at radius 3 is 2.67 bits per heavy atom. The molecule has 0 aromatic carbocycles. The van der Waals surface area contributed by atoms with Crippen molar-refractivity contribution in [1.29, 1.82) is 0 Å². The molecular weight excluding hydrogens is 250 g/mol. The first-order chi connectivity index (χ1) is 8.66. The molecular formula is C12H11N3O2S. The van der Waals surface area contributed by atoms with Gasteiger partial charge < -0.3 is 11.1 Å². The number of hydrogen-bond acceptors (Lipinski definition) is 4. The van der Waals surface area contributed by atoms with E-state index in [2.05, 4.69) is 10.3 Å². The van der Waals surface area contributed by atoms with Gasteiger partial charge in [-0.25, -0.2) is 4.98 Å². The summed E-state index contributed by atoms with van der Waals surface area (Å²) in [5.41, 5.74) is 5.37. The first-order valence-corrected chi connectivity index (χ1v) is 6.12. The van der Waals surface area contributed by atoms with E-state index in [1.165, 1.54) is 12.1 Å². The van der Waals surface area contributed by atoms with Gasteiger partial charge >= 0.3 is 0 Å². The summed E-state index contributed by atoms with van der Waals surface area (Å²) in [5.74, 6) is -0.977. The van der Waals surface area contributed by atoms with Crippen molar-refractivity contribution < 1.29 is 9.59 Å². The SMILES string of the molecule is NC(=O)c1cccc(C(=O)NCc2cccs2)n1. The molecule has 18 heavy (non-hydrogen) atoms. The largest absolute Gasteiger partial charge is 0.364 e. The molecule has 0 bridgehead atoms. The van der Waals surface area contributed by atoms with Crippen LogP contribution in [0.3, 0.4) is 0 Å². The van der Waals surface area contributed by atoms with Gasteiger partial charge in [0.1, 0.15) is 11.4 Å². The van der Waals surface area contributed by atoms with Crippen molar-refractivity contribution in [1.82, 2.24) is 10.3 Å². The minimum Gasteiger partial charge on any atom is -0.364 e. The number of carbonyl (C=O) groups excluding carboxylic acids is 2. The Kier molecular flexibility index (Phi) is 3.69. The third kappa shape index (κ3) is 2.92. The number of thiophene rings is 1. The van der Waals surface area contributed by atoms with E-state index in [0.717, 1.165) is 4.88 Å². The van der Waals surface area contributed by atoms with Crippen LogP contribution in [0, 0.1) is 0 Å². The molecule has 2 amide bonds. The average Bonchev–Trinajstić information content (AvgIpc) is 2.89. The molecule has 2 heterocycles. The molecule has 0 saturated carbocycles. The van der Waals surface area contributed by atoms with Crippen LogP contribution >= 0.6 is 11.3 Å². The van der Waals surface area contributed by atoms with E-state index in [1.54, 1.807) is 17.4 Å². The summed E-state index contributed by atoms with van der Waals surface area (Å²) < 4.78 is 0. The predicted molar refractivity (Wildman–Crippen MR) is 68.2 cm³/mol. The molecule has 0 aliphatic rings. The van der Waals surface area contributed by atoms with E-state index in [4.69, 9.17) is 5.73 Å². The van der Waals surface area contributed by atoms with E-state index in [-0.39, 0.29) is 17.3 Å². The number of nitrogens with one attached hydrogen (secondary N) is 1. The fourth-order valence-corrected chi connectivity index (χ4v) is 2.01. The number of nitrogens with two attached hydrogens (primary N) is 1. The minimum atomic E-state index is -0.650. The number of nitrogens with zero attached hydrogens (tertiary/aromatic N) is 1. The van der Waals surface area contributed by atoms with E-state index in [9.17, 15) is 9.59 Å². The van der Waals surface area contributed by atoms with Gasteiger partial charge in [-0.05, 0) is 23.6 Å². The van der Waals surface area contributed by atoms with Gasteiger partial charge in [-0.15, -0.1) is 11.3 Å². The molecule has 2 aromatic heterocycles. The Morgan fingerprint density at radius 2 is 2.00 bits per heavy atom. The average molecular weight is 261 g/mol. The maximum absolute atomic E-state index is 11.8. The highest BCUT2D eigenvalue weighted by atomic mass is 32.1. The zero-order valence-electron chi connectivity index (χ0n) is 9.42. The fourth-order valence-electron chi connectivity index (χ4n) is 1.37.